The minimum atomic E-state index is 0.370. The molecule has 0 radical (unpaired) electrons. The highest BCUT2D eigenvalue weighted by Crippen LogP contribution is 2.25. The van der Waals surface area contributed by atoms with Crippen molar-refractivity contribution >= 4 is 11.6 Å². The van der Waals surface area contributed by atoms with Crippen molar-refractivity contribution in [3.8, 4) is 0 Å². The average Bonchev–Trinajstić information content (AvgIpc) is 2.45. The molecular formula is C18H29ClN2. The van der Waals surface area contributed by atoms with Crippen molar-refractivity contribution in [2.45, 2.75) is 51.5 Å². The van der Waals surface area contributed by atoms with Gasteiger partial charge < -0.3 is 10.2 Å². The summed E-state index contributed by atoms with van der Waals surface area (Å²) in [6.45, 7) is 6.85. The zero-order valence-electron chi connectivity index (χ0n) is 13.3. The van der Waals surface area contributed by atoms with Gasteiger partial charge in [-0.25, -0.2) is 0 Å². The predicted octanol–water partition coefficient (Wildman–Crippen LogP) is 4.65. The Morgan fingerprint density at radius 1 is 1.10 bits per heavy atom. The molecule has 1 heterocycles. The maximum Gasteiger partial charge on any atom is 0.0453 e. The lowest BCUT2D eigenvalue weighted by Crippen LogP contribution is -2.32. The first-order chi connectivity index (χ1) is 10.3. The molecule has 1 aliphatic rings. The Hall–Kier alpha value is -0.570. The molecule has 1 unspecified atom stereocenters. The van der Waals surface area contributed by atoms with E-state index in [9.17, 15) is 0 Å². The molecule has 1 saturated heterocycles. The highest BCUT2D eigenvalue weighted by atomic mass is 35.5. The normalized spacial score (nSPS) is 19.0. The topological polar surface area (TPSA) is 15.3 Å². The van der Waals surface area contributed by atoms with Crippen LogP contribution in [0, 0.1) is 0 Å². The molecule has 2 nitrogen and oxygen atoms in total. The van der Waals surface area contributed by atoms with Crippen molar-refractivity contribution < 1.29 is 0 Å². The van der Waals surface area contributed by atoms with Crippen molar-refractivity contribution in [1.29, 1.82) is 0 Å². The average molecular weight is 309 g/mol. The number of rotatable bonds is 6. The van der Waals surface area contributed by atoms with Crippen LogP contribution in [0.2, 0.25) is 5.02 Å². The van der Waals surface area contributed by atoms with Crippen LogP contribution in [0.4, 0.5) is 0 Å². The Labute approximate surface area is 134 Å². The Morgan fingerprint density at radius 2 is 1.76 bits per heavy atom. The van der Waals surface area contributed by atoms with E-state index in [1.54, 1.807) is 0 Å². The Kier molecular flexibility index (Phi) is 7.56. The molecule has 1 atom stereocenters. The van der Waals surface area contributed by atoms with Crippen LogP contribution in [0.25, 0.3) is 0 Å². The second-order valence-corrected chi connectivity index (χ2v) is 6.44. The third-order valence-corrected chi connectivity index (χ3v) is 4.76. The van der Waals surface area contributed by atoms with Gasteiger partial charge >= 0.3 is 0 Å². The van der Waals surface area contributed by atoms with E-state index in [-0.39, 0.29) is 0 Å². The Bertz CT molecular complexity index is 400. The van der Waals surface area contributed by atoms with E-state index in [0.717, 1.165) is 18.0 Å². The van der Waals surface area contributed by atoms with Crippen LogP contribution >= 0.6 is 11.6 Å². The quantitative estimate of drug-likeness (QED) is 0.823. The fourth-order valence-corrected chi connectivity index (χ4v) is 3.49. The van der Waals surface area contributed by atoms with Gasteiger partial charge in [-0.15, -0.1) is 0 Å². The van der Waals surface area contributed by atoms with Crippen LogP contribution in [0.15, 0.2) is 24.3 Å². The minimum Gasteiger partial charge on any atom is -0.310 e. The molecule has 0 bridgehead atoms. The van der Waals surface area contributed by atoms with Crippen molar-refractivity contribution in [1.82, 2.24) is 10.2 Å². The van der Waals surface area contributed by atoms with Crippen LogP contribution < -0.4 is 5.32 Å². The molecule has 0 amide bonds. The molecule has 1 N–H and O–H groups in total. The molecule has 118 valence electrons. The summed E-state index contributed by atoms with van der Waals surface area (Å²) in [6, 6.07) is 8.61. The summed E-state index contributed by atoms with van der Waals surface area (Å²) in [6.07, 6.45) is 8.08. The zero-order valence-corrected chi connectivity index (χ0v) is 14.0. The van der Waals surface area contributed by atoms with Crippen LogP contribution in [0.3, 0.4) is 0 Å². The van der Waals surface area contributed by atoms with Gasteiger partial charge in [0.05, 0.1) is 0 Å². The SMILES string of the molecule is CCNC(CCN1CCCCCCC1)c1ccccc1Cl. The van der Waals surface area contributed by atoms with Gasteiger partial charge in [-0.05, 0) is 57.1 Å². The monoisotopic (exact) mass is 308 g/mol. The van der Waals surface area contributed by atoms with Gasteiger partial charge in [-0.2, -0.15) is 0 Å². The number of halogens is 1. The van der Waals surface area contributed by atoms with Gasteiger partial charge in [0.15, 0.2) is 0 Å². The third-order valence-electron chi connectivity index (χ3n) is 4.41. The van der Waals surface area contributed by atoms with E-state index in [4.69, 9.17) is 11.6 Å². The van der Waals surface area contributed by atoms with Gasteiger partial charge in [0.25, 0.3) is 0 Å². The van der Waals surface area contributed by atoms with Crippen molar-refractivity contribution in [2.75, 3.05) is 26.2 Å². The van der Waals surface area contributed by atoms with E-state index in [0.29, 0.717) is 6.04 Å². The maximum absolute atomic E-state index is 6.37. The number of benzene rings is 1. The molecule has 21 heavy (non-hydrogen) atoms. The fourth-order valence-electron chi connectivity index (χ4n) is 3.22. The smallest absolute Gasteiger partial charge is 0.0453 e. The highest BCUT2D eigenvalue weighted by Gasteiger charge is 2.15. The molecule has 1 aromatic carbocycles. The summed E-state index contributed by atoms with van der Waals surface area (Å²) in [5, 5.41) is 4.48. The van der Waals surface area contributed by atoms with Gasteiger partial charge in [-0.3, -0.25) is 0 Å². The molecule has 1 aliphatic heterocycles. The molecule has 3 heteroatoms. The maximum atomic E-state index is 6.37. The lowest BCUT2D eigenvalue weighted by atomic mass is 10.0. The number of likely N-dealkylation sites (tertiary alicyclic amines) is 1. The summed E-state index contributed by atoms with van der Waals surface area (Å²) >= 11 is 6.37. The number of hydrogen-bond acceptors (Lipinski definition) is 2. The standard InChI is InChI=1S/C18H29ClN2/c1-2-20-18(16-10-6-7-11-17(16)19)12-15-21-13-8-4-3-5-9-14-21/h6-7,10-11,18,20H,2-5,8-9,12-15H2,1H3. The first-order valence-electron chi connectivity index (χ1n) is 8.51. The molecule has 0 aromatic heterocycles. The second-order valence-electron chi connectivity index (χ2n) is 6.03. The summed E-state index contributed by atoms with van der Waals surface area (Å²) in [4.78, 5) is 2.64. The van der Waals surface area contributed by atoms with E-state index >= 15 is 0 Å². The first kappa shape index (κ1) is 16.8. The van der Waals surface area contributed by atoms with Crippen LogP contribution in [-0.2, 0) is 0 Å². The molecule has 0 spiro atoms. The fraction of sp³-hybridized carbons (Fsp3) is 0.667. The van der Waals surface area contributed by atoms with E-state index < -0.39 is 0 Å². The number of nitrogens with one attached hydrogen (secondary N) is 1. The molecule has 1 fully saturated rings. The Balaban J connectivity index is 1.91. The van der Waals surface area contributed by atoms with Crippen molar-refractivity contribution in [3.63, 3.8) is 0 Å². The third kappa shape index (κ3) is 5.61. The zero-order chi connectivity index (χ0) is 14.9. The van der Waals surface area contributed by atoms with Gasteiger partial charge in [0.1, 0.15) is 0 Å². The largest absolute Gasteiger partial charge is 0.310 e. The summed E-state index contributed by atoms with van der Waals surface area (Å²) < 4.78 is 0. The highest BCUT2D eigenvalue weighted by molar-refractivity contribution is 6.31. The van der Waals surface area contributed by atoms with E-state index in [1.165, 1.54) is 57.3 Å². The minimum absolute atomic E-state index is 0.370. The van der Waals surface area contributed by atoms with E-state index in [1.807, 2.05) is 12.1 Å². The predicted molar refractivity (Wildman–Crippen MR) is 92.0 cm³/mol. The van der Waals surface area contributed by atoms with Gasteiger partial charge in [0, 0.05) is 11.1 Å². The van der Waals surface area contributed by atoms with Crippen LogP contribution in [0.5, 0.6) is 0 Å². The van der Waals surface area contributed by atoms with Crippen molar-refractivity contribution in [3.05, 3.63) is 34.9 Å². The van der Waals surface area contributed by atoms with Gasteiger partial charge in [-0.1, -0.05) is 56.0 Å². The molecule has 2 rings (SSSR count). The molecule has 0 saturated carbocycles. The number of nitrogens with zero attached hydrogens (tertiary/aromatic N) is 1. The molecule has 1 aromatic rings. The van der Waals surface area contributed by atoms with Crippen molar-refractivity contribution in [2.24, 2.45) is 0 Å². The van der Waals surface area contributed by atoms with Gasteiger partial charge in [0.2, 0.25) is 0 Å². The lowest BCUT2D eigenvalue weighted by molar-refractivity contribution is 0.234. The lowest BCUT2D eigenvalue weighted by Gasteiger charge is -2.27. The van der Waals surface area contributed by atoms with E-state index in [2.05, 4.69) is 29.3 Å². The summed E-state index contributed by atoms with van der Waals surface area (Å²) in [7, 11) is 0. The second kappa shape index (κ2) is 9.45. The number of hydrogen-bond donors (Lipinski definition) is 1. The molecular weight excluding hydrogens is 280 g/mol. The van der Waals surface area contributed by atoms with Crippen LogP contribution in [-0.4, -0.2) is 31.1 Å². The first-order valence-corrected chi connectivity index (χ1v) is 8.89. The Morgan fingerprint density at radius 3 is 2.43 bits per heavy atom. The van der Waals surface area contributed by atoms with Crippen LogP contribution in [0.1, 0.15) is 57.1 Å². The summed E-state index contributed by atoms with van der Waals surface area (Å²) in [5.41, 5.74) is 1.24. The summed E-state index contributed by atoms with van der Waals surface area (Å²) in [5.74, 6) is 0. The molecule has 0 aliphatic carbocycles.